The van der Waals surface area contributed by atoms with E-state index in [-0.39, 0.29) is 11.7 Å². The van der Waals surface area contributed by atoms with Crippen LogP contribution in [0, 0.1) is 12.7 Å². The summed E-state index contributed by atoms with van der Waals surface area (Å²) in [5, 5.41) is 0. The van der Waals surface area contributed by atoms with Crippen LogP contribution >= 0.6 is 0 Å². The minimum Gasteiger partial charge on any atom is -0.207 e. The van der Waals surface area contributed by atoms with E-state index in [0.29, 0.717) is 0 Å². The maximum atomic E-state index is 14.3. The minimum absolute atomic E-state index is 0.0297. The van der Waals surface area contributed by atoms with Crippen LogP contribution < -0.4 is 0 Å². The molecule has 0 bridgehead atoms. The Morgan fingerprint density at radius 3 is 2.31 bits per heavy atom. The Morgan fingerprint density at radius 2 is 1.56 bits per heavy atom. The van der Waals surface area contributed by atoms with Crippen LogP contribution in [0.15, 0.2) is 120 Å². The Morgan fingerprint density at radius 1 is 0.812 bits per heavy atom. The second-order valence-electron chi connectivity index (χ2n) is 8.13. The summed E-state index contributed by atoms with van der Waals surface area (Å²) in [6, 6.07) is 24.0. The highest BCUT2D eigenvalue weighted by molar-refractivity contribution is 5.65. The van der Waals surface area contributed by atoms with Crippen molar-refractivity contribution in [1.82, 2.24) is 0 Å². The van der Waals surface area contributed by atoms with Crippen LogP contribution in [-0.2, 0) is 0 Å². The van der Waals surface area contributed by atoms with E-state index < -0.39 is 0 Å². The fraction of sp³-hybridized carbons (Fsp3) is 0.161. The first-order valence-electron chi connectivity index (χ1n) is 11.1. The third kappa shape index (κ3) is 6.04. The van der Waals surface area contributed by atoms with Crippen LogP contribution in [-0.4, -0.2) is 0 Å². The van der Waals surface area contributed by atoms with Gasteiger partial charge in [-0.2, -0.15) is 0 Å². The van der Waals surface area contributed by atoms with Crippen molar-refractivity contribution in [3.05, 3.63) is 143 Å². The lowest BCUT2D eigenvalue weighted by Crippen LogP contribution is -2.06. The third-order valence-electron chi connectivity index (χ3n) is 5.61. The number of hydrogen-bond acceptors (Lipinski definition) is 0. The summed E-state index contributed by atoms with van der Waals surface area (Å²) in [7, 11) is 0. The molecule has 0 radical (unpaired) electrons. The second-order valence-corrected chi connectivity index (χ2v) is 8.13. The Hall–Kier alpha value is -3.45. The highest BCUT2D eigenvalue weighted by Gasteiger charge is 2.19. The third-order valence-corrected chi connectivity index (χ3v) is 5.61. The zero-order chi connectivity index (χ0) is 22.9. The van der Waals surface area contributed by atoms with Crippen molar-refractivity contribution in [3.8, 4) is 11.1 Å². The van der Waals surface area contributed by atoms with Gasteiger partial charge < -0.3 is 0 Å². The van der Waals surface area contributed by atoms with Gasteiger partial charge in [-0.05, 0) is 67.6 Å². The van der Waals surface area contributed by atoms with Gasteiger partial charge in [-0.3, -0.25) is 0 Å². The molecule has 1 atom stereocenters. The predicted octanol–water partition coefficient (Wildman–Crippen LogP) is 8.96. The van der Waals surface area contributed by atoms with Crippen LogP contribution in [0.2, 0.25) is 0 Å². The van der Waals surface area contributed by atoms with Crippen molar-refractivity contribution in [2.45, 2.75) is 33.6 Å². The largest absolute Gasteiger partial charge is 0.207 e. The molecule has 0 aliphatic carbocycles. The molecular weight excluding hydrogens is 391 g/mol. The molecule has 32 heavy (non-hydrogen) atoms. The summed E-state index contributed by atoms with van der Waals surface area (Å²) < 4.78 is 14.3. The zero-order valence-electron chi connectivity index (χ0n) is 19.3. The molecule has 0 N–H and O–H groups in total. The van der Waals surface area contributed by atoms with Gasteiger partial charge >= 0.3 is 0 Å². The molecule has 0 aromatic heterocycles. The fourth-order valence-electron chi connectivity index (χ4n) is 3.87. The standard InChI is InChI=1S/C31H31F/c1-5-6-8-12-23(2)17-18-25(4)31(30-22-29(32)20-19-24(30)3)28-16-11-15-27(21-28)26-13-9-7-10-14-26/h5-22,31H,1-4H3/b6-5-,12-8-,23-17+,25-18+. The van der Waals surface area contributed by atoms with E-state index in [1.165, 1.54) is 17.2 Å². The van der Waals surface area contributed by atoms with Gasteiger partial charge in [0.1, 0.15) is 5.82 Å². The SMILES string of the molecule is C\C=C/C=C\C(C)=C\C=C(/C)C(c1cccc(-c2ccccc2)c1)c1cc(F)ccc1C. The molecule has 162 valence electrons. The van der Waals surface area contributed by atoms with Crippen LogP contribution in [0.25, 0.3) is 11.1 Å². The number of rotatable bonds is 7. The lowest BCUT2D eigenvalue weighted by molar-refractivity contribution is 0.624. The molecule has 0 amide bonds. The molecule has 0 saturated heterocycles. The summed E-state index contributed by atoms with van der Waals surface area (Å²) >= 11 is 0. The van der Waals surface area contributed by atoms with Crippen molar-refractivity contribution in [1.29, 1.82) is 0 Å². The Bertz CT molecular complexity index is 1160. The molecule has 3 aromatic rings. The smallest absolute Gasteiger partial charge is 0.123 e. The maximum Gasteiger partial charge on any atom is 0.123 e. The van der Waals surface area contributed by atoms with E-state index in [1.807, 2.05) is 37.3 Å². The average molecular weight is 423 g/mol. The highest BCUT2D eigenvalue weighted by Crippen LogP contribution is 2.36. The van der Waals surface area contributed by atoms with E-state index in [9.17, 15) is 4.39 Å². The predicted molar refractivity (Wildman–Crippen MR) is 136 cm³/mol. The Kier molecular flexibility index (Phi) is 8.16. The van der Waals surface area contributed by atoms with Crippen LogP contribution in [0.5, 0.6) is 0 Å². The van der Waals surface area contributed by atoms with E-state index >= 15 is 0 Å². The summed E-state index contributed by atoms with van der Waals surface area (Å²) in [4.78, 5) is 0. The van der Waals surface area contributed by atoms with Crippen LogP contribution in [0.4, 0.5) is 4.39 Å². The first kappa shape index (κ1) is 23.2. The molecule has 0 aliphatic rings. The Balaban J connectivity index is 2.09. The summed E-state index contributed by atoms with van der Waals surface area (Å²) in [5.74, 6) is -0.235. The van der Waals surface area contributed by atoms with Crippen LogP contribution in [0.1, 0.15) is 43.4 Å². The van der Waals surface area contributed by atoms with Gasteiger partial charge in [0.2, 0.25) is 0 Å². The van der Waals surface area contributed by atoms with Gasteiger partial charge in [0, 0.05) is 5.92 Å². The summed E-state index contributed by atoms with van der Waals surface area (Å²) in [5.41, 5.74) is 7.91. The highest BCUT2D eigenvalue weighted by atomic mass is 19.1. The molecule has 0 saturated carbocycles. The van der Waals surface area contributed by atoms with Crippen molar-refractivity contribution in [3.63, 3.8) is 0 Å². The lowest BCUT2D eigenvalue weighted by Gasteiger charge is -2.22. The molecule has 0 nitrogen and oxygen atoms in total. The molecule has 1 unspecified atom stereocenters. The van der Waals surface area contributed by atoms with Gasteiger partial charge in [0.25, 0.3) is 0 Å². The van der Waals surface area contributed by atoms with E-state index in [1.54, 1.807) is 6.07 Å². The van der Waals surface area contributed by atoms with E-state index in [0.717, 1.165) is 27.8 Å². The van der Waals surface area contributed by atoms with E-state index in [2.05, 4.69) is 87.5 Å². The topological polar surface area (TPSA) is 0 Å². The second kappa shape index (κ2) is 11.2. The van der Waals surface area contributed by atoms with Crippen LogP contribution in [0.3, 0.4) is 0 Å². The molecule has 1 heteroatoms. The first-order valence-corrected chi connectivity index (χ1v) is 11.1. The van der Waals surface area contributed by atoms with Gasteiger partial charge in [-0.25, -0.2) is 4.39 Å². The molecule has 0 heterocycles. The van der Waals surface area contributed by atoms with Gasteiger partial charge in [-0.1, -0.05) is 108 Å². The number of hydrogen-bond donors (Lipinski definition) is 0. The monoisotopic (exact) mass is 422 g/mol. The number of aryl methyl sites for hydroxylation is 1. The normalized spacial score (nSPS) is 13.8. The maximum absolute atomic E-state index is 14.3. The van der Waals surface area contributed by atoms with Gasteiger partial charge in [0.05, 0.1) is 0 Å². The average Bonchev–Trinajstić information content (AvgIpc) is 2.81. The van der Waals surface area contributed by atoms with Crippen molar-refractivity contribution >= 4 is 0 Å². The molecule has 3 aromatic carbocycles. The molecule has 0 fully saturated rings. The first-order chi connectivity index (χ1) is 15.5. The van der Waals surface area contributed by atoms with Gasteiger partial charge in [0.15, 0.2) is 0 Å². The fourth-order valence-corrected chi connectivity index (χ4v) is 3.87. The van der Waals surface area contributed by atoms with Crippen molar-refractivity contribution in [2.24, 2.45) is 0 Å². The number of halogens is 1. The molecule has 3 rings (SSSR count). The summed E-state index contributed by atoms with van der Waals surface area (Å²) in [6.07, 6.45) is 12.4. The van der Waals surface area contributed by atoms with E-state index in [4.69, 9.17) is 0 Å². The van der Waals surface area contributed by atoms with Crippen molar-refractivity contribution in [2.75, 3.05) is 0 Å². The quantitative estimate of drug-likeness (QED) is 0.333. The Labute approximate surface area is 192 Å². The number of allylic oxidation sites excluding steroid dienone is 8. The lowest BCUT2D eigenvalue weighted by atomic mass is 9.82. The van der Waals surface area contributed by atoms with Crippen molar-refractivity contribution < 1.29 is 4.39 Å². The van der Waals surface area contributed by atoms with Gasteiger partial charge in [-0.15, -0.1) is 0 Å². The number of benzene rings is 3. The minimum atomic E-state index is -0.205. The molecule has 0 aliphatic heterocycles. The zero-order valence-corrected chi connectivity index (χ0v) is 19.3. The molecule has 0 spiro atoms. The molecular formula is C31H31F. The summed E-state index contributed by atoms with van der Waals surface area (Å²) in [6.45, 7) is 8.27.